The molecule has 168 valence electrons. The van der Waals surface area contributed by atoms with Crippen molar-refractivity contribution >= 4 is 28.5 Å². The summed E-state index contributed by atoms with van der Waals surface area (Å²) in [7, 11) is 0. The number of hydrogen-bond donors (Lipinski definition) is 5. The van der Waals surface area contributed by atoms with Crippen molar-refractivity contribution in [3.63, 3.8) is 0 Å². The number of carbonyl (C=O) groups excluding carboxylic acids is 3. The third-order valence-corrected chi connectivity index (χ3v) is 4.93. The van der Waals surface area contributed by atoms with E-state index in [4.69, 9.17) is 10.9 Å². The number of fused-ring (bicyclic) bond motifs is 1. The molecule has 0 fully saturated rings. The van der Waals surface area contributed by atoms with E-state index in [2.05, 4.69) is 5.32 Å². The lowest BCUT2D eigenvalue weighted by Crippen LogP contribution is -2.56. The fraction of sp³-hybridized carbons (Fsp3) is 0.381. The van der Waals surface area contributed by atoms with Crippen molar-refractivity contribution in [2.75, 3.05) is 0 Å². The molecular weight excluding hydrogens is 412 g/mol. The number of aliphatic hydroxyl groups is 1. The maximum absolute atomic E-state index is 13.6. The van der Waals surface area contributed by atoms with E-state index in [1.54, 1.807) is 20.8 Å². The molecular formula is C21H25F2N3O5. The Balaban J connectivity index is 2.39. The van der Waals surface area contributed by atoms with Crippen molar-refractivity contribution < 1.29 is 33.5 Å². The number of aliphatic hydroxyl groups excluding tert-OH is 1. The molecule has 0 saturated carbocycles. The van der Waals surface area contributed by atoms with Crippen LogP contribution in [0.5, 0.6) is 0 Å². The molecule has 0 spiro atoms. The lowest BCUT2D eigenvalue weighted by atomic mass is 9.85. The van der Waals surface area contributed by atoms with Crippen molar-refractivity contribution in [2.24, 2.45) is 17.1 Å². The van der Waals surface area contributed by atoms with Gasteiger partial charge in [-0.15, -0.1) is 0 Å². The van der Waals surface area contributed by atoms with Gasteiger partial charge in [-0.2, -0.15) is 0 Å². The van der Waals surface area contributed by atoms with Gasteiger partial charge >= 0.3 is 0 Å². The van der Waals surface area contributed by atoms with Gasteiger partial charge in [-0.25, -0.2) is 14.3 Å². The van der Waals surface area contributed by atoms with Gasteiger partial charge in [-0.3, -0.25) is 19.6 Å². The summed E-state index contributed by atoms with van der Waals surface area (Å²) in [6, 6.07) is 5.43. The average Bonchev–Trinajstić information content (AvgIpc) is 2.68. The number of benzene rings is 2. The van der Waals surface area contributed by atoms with Crippen molar-refractivity contribution in [3.8, 4) is 0 Å². The summed E-state index contributed by atoms with van der Waals surface area (Å²) >= 11 is 0. The molecule has 0 aromatic heterocycles. The van der Waals surface area contributed by atoms with Crippen LogP contribution >= 0.6 is 0 Å². The molecule has 2 aromatic rings. The maximum Gasteiger partial charge on any atom is 0.272 e. The molecule has 0 radical (unpaired) electrons. The topological polar surface area (TPSA) is 142 Å². The Morgan fingerprint density at radius 2 is 1.61 bits per heavy atom. The number of hydroxylamine groups is 1. The second-order valence-corrected chi connectivity index (χ2v) is 8.39. The smallest absolute Gasteiger partial charge is 0.272 e. The van der Waals surface area contributed by atoms with Crippen molar-refractivity contribution in [2.45, 2.75) is 39.3 Å². The molecule has 6 N–H and O–H groups in total. The van der Waals surface area contributed by atoms with E-state index in [0.29, 0.717) is 16.3 Å². The highest BCUT2D eigenvalue weighted by molar-refractivity contribution is 5.92. The van der Waals surface area contributed by atoms with E-state index in [9.17, 15) is 28.3 Å². The number of primary amides is 1. The monoisotopic (exact) mass is 437 g/mol. The Morgan fingerprint density at radius 1 is 1.03 bits per heavy atom. The highest BCUT2D eigenvalue weighted by Gasteiger charge is 2.37. The van der Waals surface area contributed by atoms with E-state index in [0.717, 1.165) is 12.1 Å². The normalized spacial score (nSPS) is 14.5. The van der Waals surface area contributed by atoms with Gasteiger partial charge in [0.05, 0.1) is 5.92 Å². The van der Waals surface area contributed by atoms with Gasteiger partial charge in [0.15, 0.2) is 11.6 Å². The van der Waals surface area contributed by atoms with Crippen LogP contribution in [-0.4, -0.2) is 40.2 Å². The number of carbonyl (C=O) groups is 3. The second kappa shape index (κ2) is 9.36. The first-order chi connectivity index (χ1) is 14.3. The predicted molar refractivity (Wildman–Crippen MR) is 108 cm³/mol. The minimum atomic E-state index is -1.96. The molecule has 0 saturated heterocycles. The van der Waals surface area contributed by atoms with Crippen LogP contribution < -0.4 is 16.5 Å². The summed E-state index contributed by atoms with van der Waals surface area (Å²) in [4.78, 5) is 36.5. The van der Waals surface area contributed by atoms with Crippen molar-refractivity contribution in [1.82, 2.24) is 10.8 Å². The summed E-state index contributed by atoms with van der Waals surface area (Å²) in [6.07, 6.45) is -2.16. The molecule has 0 aliphatic heterocycles. The number of amides is 3. The molecule has 2 rings (SSSR count). The van der Waals surface area contributed by atoms with Gasteiger partial charge in [-0.05, 0) is 40.3 Å². The zero-order valence-electron chi connectivity index (χ0n) is 17.3. The minimum Gasteiger partial charge on any atom is -0.382 e. The summed E-state index contributed by atoms with van der Waals surface area (Å²) in [6.45, 7) is 5.02. The minimum absolute atomic E-state index is 0.203. The molecule has 2 aromatic carbocycles. The fourth-order valence-corrected chi connectivity index (χ4v) is 3.23. The number of halogens is 2. The molecule has 0 aliphatic rings. The summed E-state index contributed by atoms with van der Waals surface area (Å²) in [5.41, 5.74) is 6.33. The SMILES string of the molecule is CC(C)(C)[C@H](NC(=O)[C@H](Cc1ccc2cc(F)c(F)cc2c1)[C@H](O)C(=O)NO)C(N)=O. The third-order valence-electron chi connectivity index (χ3n) is 4.93. The zero-order chi connectivity index (χ0) is 23.5. The Morgan fingerprint density at radius 3 is 2.13 bits per heavy atom. The highest BCUT2D eigenvalue weighted by Crippen LogP contribution is 2.24. The van der Waals surface area contributed by atoms with E-state index >= 15 is 0 Å². The first kappa shape index (κ1) is 24.2. The van der Waals surface area contributed by atoms with Crippen LogP contribution in [0.2, 0.25) is 0 Å². The lowest BCUT2D eigenvalue weighted by molar-refractivity contribution is -0.146. The largest absolute Gasteiger partial charge is 0.382 e. The Bertz CT molecular complexity index is 1010. The Kier molecular flexibility index (Phi) is 7.29. The van der Waals surface area contributed by atoms with Crippen LogP contribution in [-0.2, 0) is 20.8 Å². The van der Waals surface area contributed by atoms with Crippen LogP contribution in [0.1, 0.15) is 26.3 Å². The van der Waals surface area contributed by atoms with Crippen LogP contribution in [0.4, 0.5) is 8.78 Å². The standard InChI is InChI=1S/C21H25F2N3O5/c1-21(2,3)17(18(24)28)25-19(29)13(16(27)20(30)26-31)7-10-4-5-11-8-14(22)15(23)9-12(11)6-10/h4-6,8-9,13,16-17,27,31H,7H2,1-3H3,(H2,24,28)(H,25,29)(H,26,30)/t13-,16+,17-/m1/s1. The van der Waals surface area contributed by atoms with Gasteiger partial charge in [0, 0.05) is 0 Å². The van der Waals surface area contributed by atoms with Gasteiger partial charge in [-0.1, -0.05) is 39.0 Å². The molecule has 10 heteroatoms. The highest BCUT2D eigenvalue weighted by atomic mass is 19.2. The van der Waals surface area contributed by atoms with Crippen LogP contribution in [0.25, 0.3) is 10.8 Å². The summed E-state index contributed by atoms with van der Waals surface area (Å²) in [5, 5.41) is 22.4. The fourth-order valence-electron chi connectivity index (χ4n) is 3.23. The molecule has 0 aliphatic carbocycles. The molecule has 3 atom stereocenters. The molecule has 31 heavy (non-hydrogen) atoms. The van der Waals surface area contributed by atoms with Gasteiger partial charge < -0.3 is 16.2 Å². The molecule has 0 bridgehead atoms. The average molecular weight is 437 g/mol. The predicted octanol–water partition coefficient (Wildman–Crippen LogP) is 1.16. The van der Waals surface area contributed by atoms with Gasteiger partial charge in [0.1, 0.15) is 12.1 Å². The quantitative estimate of drug-likeness (QED) is 0.326. The van der Waals surface area contributed by atoms with Crippen LogP contribution in [0.15, 0.2) is 30.3 Å². The van der Waals surface area contributed by atoms with Gasteiger partial charge in [0.25, 0.3) is 5.91 Å². The lowest BCUT2D eigenvalue weighted by Gasteiger charge is -2.31. The van der Waals surface area contributed by atoms with E-state index in [-0.39, 0.29) is 6.42 Å². The van der Waals surface area contributed by atoms with Crippen LogP contribution in [0, 0.1) is 23.0 Å². The molecule has 8 nitrogen and oxygen atoms in total. The Labute approximate surface area is 177 Å². The maximum atomic E-state index is 13.6. The first-order valence-electron chi connectivity index (χ1n) is 9.44. The third kappa shape index (κ3) is 5.74. The van der Waals surface area contributed by atoms with E-state index in [1.165, 1.54) is 23.7 Å². The molecule has 3 amide bonds. The van der Waals surface area contributed by atoms with E-state index < -0.39 is 52.8 Å². The first-order valence-corrected chi connectivity index (χ1v) is 9.44. The number of nitrogens with one attached hydrogen (secondary N) is 2. The van der Waals surface area contributed by atoms with E-state index in [1.807, 2.05) is 0 Å². The zero-order valence-corrected chi connectivity index (χ0v) is 17.3. The molecule has 0 heterocycles. The summed E-state index contributed by atoms with van der Waals surface area (Å²) < 4.78 is 27.0. The Hall–Kier alpha value is -3.11. The van der Waals surface area contributed by atoms with Crippen molar-refractivity contribution in [3.05, 3.63) is 47.5 Å². The number of rotatable bonds is 7. The molecule has 0 unspecified atom stereocenters. The van der Waals surface area contributed by atoms with Crippen molar-refractivity contribution in [1.29, 1.82) is 0 Å². The second-order valence-electron chi connectivity index (χ2n) is 8.39. The number of hydrogen-bond acceptors (Lipinski definition) is 5. The number of nitrogens with two attached hydrogens (primary N) is 1. The van der Waals surface area contributed by atoms with Crippen LogP contribution in [0.3, 0.4) is 0 Å². The summed E-state index contributed by atoms with van der Waals surface area (Å²) in [5.74, 6) is -6.34. The van der Waals surface area contributed by atoms with Gasteiger partial charge in [0.2, 0.25) is 11.8 Å².